The summed E-state index contributed by atoms with van der Waals surface area (Å²) in [6.45, 7) is 3.29. The Morgan fingerprint density at radius 1 is 0.913 bits per heavy atom. The van der Waals surface area contributed by atoms with Crippen molar-refractivity contribution in [2.75, 3.05) is 0 Å². The molecular formula is C18H18N4O. The fraction of sp³-hybridized carbons (Fsp3) is 0.167. The molecule has 0 aromatic carbocycles. The van der Waals surface area contributed by atoms with Gasteiger partial charge in [-0.1, -0.05) is 12.1 Å². The van der Waals surface area contributed by atoms with Crippen molar-refractivity contribution in [3.8, 4) is 11.6 Å². The molecule has 0 atom stereocenters. The van der Waals surface area contributed by atoms with Crippen LogP contribution in [0.15, 0.2) is 61.1 Å². The summed E-state index contributed by atoms with van der Waals surface area (Å²) in [7, 11) is 0. The molecule has 5 nitrogen and oxygen atoms in total. The molecule has 0 radical (unpaired) electrons. The lowest BCUT2D eigenvalue weighted by Crippen LogP contribution is -2.14. The predicted molar refractivity (Wildman–Crippen MR) is 88.1 cm³/mol. The van der Waals surface area contributed by atoms with E-state index < -0.39 is 0 Å². The van der Waals surface area contributed by atoms with Gasteiger partial charge in [-0.15, -0.1) is 0 Å². The van der Waals surface area contributed by atoms with Gasteiger partial charge >= 0.3 is 0 Å². The number of pyridine rings is 3. The van der Waals surface area contributed by atoms with Crippen LogP contribution >= 0.6 is 0 Å². The predicted octanol–water partition coefficient (Wildman–Crippen LogP) is 3.26. The molecule has 116 valence electrons. The molecule has 3 aromatic heterocycles. The molecular weight excluding hydrogens is 288 g/mol. The van der Waals surface area contributed by atoms with Gasteiger partial charge < -0.3 is 10.1 Å². The molecule has 1 N–H and O–H groups in total. The molecule has 5 heteroatoms. The SMILES string of the molecule is Cc1ccc(Oc2ncccc2CNCc2ccccn2)cn1. The van der Waals surface area contributed by atoms with Gasteiger partial charge in [0.15, 0.2) is 0 Å². The first-order chi connectivity index (χ1) is 11.3. The fourth-order valence-corrected chi connectivity index (χ4v) is 2.10. The zero-order valence-electron chi connectivity index (χ0n) is 12.9. The number of nitrogens with one attached hydrogen (secondary N) is 1. The molecule has 3 rings (SSSR count). The number of ether oxygens (including phenoxy) is 1. The second kappa shape index (κ2) is 7.47. The number of aryl methyl sites for hydroxylation is 1. The van der Waals surface area contributed by atoms with Crippen molar-refractivity contribution < 1.29 is 4.74 Å². The number of aromatic nitrogens is 3. The van der Waals surface area contributed by atoms with Crippen LogP contribution in [0.5, 0.6) is 11.6 Å². The summed E-state index contributed by atoms with van der Waals surface area (Å²) in [6.07, 6.45) is 5.22. The minimum absolute atomic E-state index is 0.590. The summed E-state index contributed by atoms with van der Waals surface area (Å²) < 4.78 is 5.84. The first kappa shape index (κ1) is 15.1. The van der Waals surface area contributed by atoms with Crippen molar-refractivity contribution in [2.24, 2.45) is 0 Å². The molecule has 23 heavy (non-hydrogen) atoms. The minimum atomic E-state index is 0.590. The maximum Gasteiger partial charge on any atom is 0.223 e. The van der Waals surface area contributed by atoms with Gasteiger partial charge in [-0.2, -0.15) is 0 Å². The van der Waals surface area contributed by atoms with Crippen LogP contribution in [-0.4, -0.2) is 15.0 Å². The van der Waals surface area contributed by atoms with Crippen LogP contribution in [-0.2, 0) is 13.1 Å². The van der Waals surface area contributed by atoms with E-state index in [-0.39, 0.29) is 0 Å². The van der Waals surface area contributed by atoms with Crippen LogP contribution in [0.1, 0.15) is 17.0 Å². The summed E-state index contributed by atoms with van der Waals surface area (Å²) >= 11 is 0. The fourth-order valence-electron chi connectivity index (χ4n) is 2.10. The van der Waals surface area contributed by atoms with E-state index >= 15 is 0 Å². The topological polar surface area (TPSA) is 59.9 Å². The Balaban J connectivity index is 1.64. The minimum Gasteiger partial charge on any atom is -0.437 e. The average Bonchev–Trinajstić information content (AvgIpc) is 2.59. The lowest BCUT2D eigenvalue weighted by Gasteiger charge is -2.10. The highest BCUT2D eigenvalue weighted by atomic mass is 16.5. The van der Waals surface area contributed by atoms with Gasteiger partial charge in [0.25, 0.3) is 0 Å². The largest absolute Gasteiger partial charge is 0.437 e. The Hall–Kier alpha value is -2.79. The van der Waals surface area contributed by atoms with Gasteiger partial charge in [0.05, 0.1) is 11.9 Å². The number of nitrogens with zero attached hydrogens (tertiary/aromatic N) is 3. The summed E-state index contributed by atoms with van der Waals surface area (Å²) in [4.78, 5) is 12.8. The molecule has 0 amide bonds. The van der Waals surface area contributed by atoms with E-state index in [0.717, 1.165) is 17.0 Å². The first-order valence-electron chi connectivity index (χ1n) is 7.46. The summed E-state index contributed by atoms with van der Waals surface area (Å²) in [6, 6.07) is 13.6. The van der Waals surface area contributed by atoms with Crippen molar-refractivity contribution in [2.45, 2.75) is 20.0 Å². The van der Waals surface area contributed by atoms with Crippen molar-refractivity contribution in [1.29, 1.82) is 0 Å². The Bertz CT molecular complexity index is 744. The number of hydrogen-bond acceptors (Lipinski definition) is 5. The van der Waals surface area contributed by atoms with Gasteiger partial charge in [0, 0.05) is 36.7 Å². The summed E-state index contributed by atoms with van der Waals surface area (Å²) in [5, 5.41) is 3.36. The van der Waals surface area contributed by atoms with Crippen LogP contribution < -0.4 is 10.1 Å². The monoisotopic (exact) mass is 306 g/mol. The third kappa shape index (κ3) is 4.34. The molecule has 0 fully saturated rings. The highest BCUT2D eigenvalue weighted by Gasteiger charge is 2.06. The van der Waals surface area contributed by atoms with E-state index in [0.29, 0.717) is 24.7 Å². The van der Waals surface area contributed by atoms with Crippen molar-refractivity contribution in [3.63, 3.8) is 0 Å². The Kier molecular flexibility index (Phi) is 4.91. The molecule has 0 unspecified atom stereocenters. The van der Waals surface area contributed by atoms with E-state index in [1.807, 2.05) is 49.4 Å². The Labute approximate surface area is 135 Å². The zero-order valence-corrected chi connectivity index (χ0v) is 12.9. The van der Waals surface area contributed by atoms with Crippen LogP contribution in [0.3, 0.4) is 0 Å². The van der Waals surface area contributed by atoms with Crippen molar-refractivity contribution >= 4 is 0 Å². The standard InChI is InChI=1S/C18H18N4O/c1-14-7-8-17(13-22-14)23-18-15(5-4-10-21-18)11-19-12-16-6-2-3-9-20-16/h2-10,13,19H,11-12H2,1H3. The van der Waals surface area contributed by atoms with Crippen molar-refractivity contribution in [1.82, 2.24) is 20.3 Å². The highest BCUT2D eigenvalue weighted by Crippen LogP contribution is 2.22. The maximum atomic E-state index is 5.84. The normalized spacial score (nSPS) is 10.5. The summed E-state index contributed by atoms with van der Waals surface area (Å²) in [5.74, 6) is 1.27. The van der Waals surface area contributed by atoms with E-state index in [4.69, 9.17) is 4.74 Å². The molecule has 0 saturated carbocycles. The van der Waals surface area contributed by atoms with E-state index in [9.17, 15) is 0 Å². The van der Waals surface area contributed by atoms with Gasteiger partial charge in [0.2, 0.25) is 5.88 Å². The average molecular weight is 306 g/mol. The van der Waals surface area contributed by atoms with Gasteiger partial charge in [0.1, 0.15) is 5.75 Å². The van der Waals surface area contributed by atoms with Gasteiger partial charge in [-0.3, -0.25) is 9.97 Å². The lowest BCUT2D eigenvalue weighted by molar-refractivity contribution is 0.450. The molecule has 0 aliphatic heterocycles. The number of rotatable bonds is 6. The van der Waals surface area contributed by atoms with Gasteiger partial charge in [-0.05, 0) is 37.3 Å². The maximum absolute atomic E-state index is 5.84. The second-order valence-electron chi connectivity index (χ2n) is 5.13. The molecule has 3 aromatic rings. The highest BCUT2D eigenvalue weighted by molar-refractivity contribution is 5.31. The molecule has 0 aliphatic rings. The molecule has 3 heterocycles. The zero-order chi connectivity index (χ0) is 15.9. The summed E-state index contributed by atoms with van der Waals surface area (Å²) in [5.41, 5.74) is 2.95. The molecule has 0 aliphatic carbocycles. The molecule has 0 bridgehead atoms. The Morgan fingerprint density at radius 2 is 1.83 bits per heavy atom. The third-order valence-corrected chi connectivity index (χ3v) is 3.30. The van der Waals surface area contributed by atoms with E-state index in [1.54, 1.807) is 18.6 Å². The molecule has 0 saturated heterocycles. The van der Waals surface area contributed by atoms with Gasteiger partial charge in [-0.25, -0.2) is 4.98 Å². The third-order valence-electron chi connectivity index (χ3n) is 3.30. The quantitative estimate of drug-likeness (QED) is 0.757. The second-order valence-corrected chi connectivity index (χ2v) is 5.13. The van der Waals surface area contributed by atoms with Crippen LogP contribution in [0.2, 0.25) is 0 Å². The number of hydrogen-bond donors (Lipinski definition) is 1. The van der Waals surface area contributed by atoms with E-state index in [2.05, 4.69) is 20.3 Å². The Morgan fingerprint density at radius 3 is 2.61 bits per heavy atom. The molecule has 0 spiro atoms. The van der Waals surface area contributed by atoms with Crippen LogP contribution in [0.25, 0.3) is 0 Å². The smallest absolute Gasteiger partial charge is 0.223 e. The lowest BCUT2D eigenvalue weighted by atomic mass is 10.2. The van der Waals surface area contributed by atoms with Crippen LogP contribution in [0, 0.1) is 6.92 Å². The van der Waals surface area contributed by atoms with Crippen LogP contribution in [0.4, 0.5) is 0 Å². The van der Waals surface area contributed by atoms with Crippen molar-refractivity contribution in [3.05, 3.63) is 78.0 Å². The first-order valence-corrected chi connectivity index (χ1v) is 7.46. The van der Waals surface area contributed by atoms with E-state index in [1.165, 1.54) is 0 Å².